The second kappa shape index (κ2) is 11.3. The monoisotopic (exact) mass is 430 g/mol. The fraction of sp³-hybridized carbons (Fsp3) is 0.455. The number of carboxylic acids is 1. The van der Waals surface area contributed by atoms with Crippen molar-refractivity contribution in [1.29, 1.82) is 0 Å². The van der Waals surface area contributed by atoms with Gasteiger partial charge in [0, 0.05) is 25.9 Å². The molecule has 4 atom stereocenters. The topological polar surface area (TPSA) is 151 Å². The zero-order valence-corrected chi connectivity index (χ0v) is 17.8. The van der Waals surface area contributed by atoms with E-state index >= 15 is 0 Å². The van der Waals surface area contributed by atoms with Gasteiger partial charge in [-0.1, -0.05) is 24.3 Å². The van der Waals surface area contributed by atoms with Crippen molar-refractivity contribution in [2.24, 2.45) is 5.73 Å². The third kappa shape index (κ3) is 8.21. The third-order valence-corrected chi connectivity index (χ3v) is 4.97. The zero-order valence-electron chi connectivity index (χ0n) is 17.8. The molecule has 6 N–H and O–H groups in total. The van der Waals surface area contributed by atoms with E-state index in [9.17, 15) is 24.3 Å². The summed E-state index contributed by atoms with van der Waals surface area (Å²) < 4.78 is 0. The van der Waals surface area contributed by atoms with Gasteiger partial charge in [-0.05, 0) is 49.0 Å². The van der Waals surface area contributed by atoms with Crippen molar-refractivity contribution in [3.05, 3.63) is 47.6 Å². The van der Waals surface area contributed by atoms with E-state index in [1.807, 2.05) is 12.2 Å². The molecule has 0 heterocycles. The van der Waals surface area contributed by atoms with Crippen molar-refractivity contribution in [1.82, 2.24) is 16.0 Å². The molecule has 0 aromatic heterocycles. The first-order chi connectivity index (χ1) is 14.6. The van der Waals surface area contributed by atoms with E-state index in [4.69, 9.17) is 5.73 Å². The van der Waals surface area contributed by atoms with E-state index in [1.165, 1.54) is 19.9 Å². The number of allylic oxidation sites excluding steroid dienone is 4. The Kier molecular flexibility index (Phi) is 8.75. The van der Waals surface area contributed by atoms with E-state index < -0.39 is 29.9 Å². The molecule has 0 aliphatic heterocycles. The van der Waals surface area contributed by atoms with Crippen LogP contribution in [0.4, 0.5) is 0 Å². The van der Waals surface area contributed by atoms with Gasteiger partial charge >= 0.3 is 5.97 Å². The van der Waals surface area contributed by atoms with Crippen LogP contribution in [0.1, 0.15) is 39.5 Å². The summed E-state index contributed by atoms with van der Waals surface area (Å²) in [6.45, 7) is 2.73. The molecule has 31 heavy (non-hydrogen) atoms. The molecule has 2 rings (SSSR count). The highest BCUT2D eigenvalue weighted by Gasteiger charge is 2.25. The van der Waals surface area contributed by atoms with Crippen LogP contribution in [0.3, 0.4) is 0 Å². The molecule has 0 fully saturated rings. The Bertz CT molecular complexity index is 843. The van der Waals surface area contributed by atoms with Crippen LogP contribution in [0.25, 0.3) is 0 Å². The lowest BCUT2D eigenvalue weighted by atomic mass is 9.96. The molecule has 0 aromatic carbocycles. The lowest BCUT2D eigenvalue weighted by Crippen LogP contribution is -2.50. The SMILES string of the molecule is CC(=O)N[C@@H](/C=C1/C=C[C@H](N)CC1)C(=O)N[C@@H](/C=C1/C=C[C@H](NC(C)=O)CC1)C(=O)O. The smallest absolute Gasteiger partial charge is 0.330 e. The van der Waals surface area contributed by atoms with Crippen molar-refractivity contribution < 1.29 is 24.3 Å². The van der Waals surface area contributed by atoms with E-state index in [1.54, 1.807) is 18.2 Å². The molecule has 0 radical (unpaired) electrons. The summed E-state index contributed by atoms with van der Waals surface area (Å²) in [5, 5.41) is 17.4. The van der Waals surface area contributed by atoms with Gasteiger partial charge < -0.3 is 26.8 Å². The number of carboxylic acid groups (broad SMARTS) is 1. The number of carbonyl (C=O) groups is 4. The molecule has 0 bridgehead atoms. The van der Waals surface area contributed by atoms with Crippen LogP contribution in [0.15, 0.2) is 47.6 Å². The van der Waals surface area contributed by atoms with E-state index in [0.29, 0.717) is 19.3 Å². The van der Waals surface area contributed by atoms with E-state index in [-0.39, 0.29) is 18.0 Å². The average Bonchev–Trinajstić information content (AvgIpc) is 2.69. The Hall–Kier alpha value is -3.20. The Morgan fingerprint density at radius 2 is 1.58 bits per heavy atom. The summed E-state index contributed by atoms with van der Waals surface area (Å²) in [6.07, 6.45) is 12.8. The summed E-state index contributed by atoms with van der Waals surface area (Å²) in [6, 6.07) is -2.39. The molecule has 168 valence electrons. The molecule has 2 aliphatic rings. The number of hydrogen-bond acceptors (Lipinski definition) is 5. The maximum Gasteiger partial charge on any atom is 0.330 e. The molecule has 0 saturated carbocycles. The van der Waals surface area contributed by atoms with Crippen molar-refractivity contribution >= 4 is 23.7 Å². The number of nitrogens with two attached hydrogens (primary N) is 1. The minimum absolute atomic E-state index is 0.0398. The van der Waals surface area contributed by atoms with Crippen LogP contribution in [0.2, 0.25) is 0 Å². The normalized spacial score (nSPS) is 25.0. The highest BCUT2D eigenvalue weighted by atomic mass is 16.4. The number of rotatable bonds is 7. The Labute approximate surface area is 181 Å². The lowest BCUT2D eigenvalue weighted by Gasteiger charge is -2.22. The molecule has 2 aliphatic carbocycles. The first-order valence-electron chi connectivity index (χ1n) is 10.2. The van der Waals surface area contributed by atoms with Gasteiger partial charge in [-0.3, -0.25) is 14.4 Å². The summed E-state index contributed by atoms with van der Waals surface area (Å²) in [5.41, 5.74) is 7.42. The third-order valence-electron chi connectivity index (χ3n) is 4.97. The van der Waals surface area contributed by atoms with Crippen molar-refractivity contribution in [3.8, 4) is 0 Å². The second-order valence-electron chi connectivity index (χ2n) is 7.75. The quantitative estimate of drug-likeness (QED) is 0.396. The predicted octanol–water partition coefficient (Wildman–Crippen LogP) is 0.445. The minimum Gasteiger partial charge on any atom is -0.479 e. The first-order valence-corrected chi connectivity index (χ1v) is 10.2. The van der Waals surface area contributed by atoms with Gasteiger partial charge in [-0.15, -0.1) is 0 Å². The molecule has 3 amide bonds. The van der Waals surface area contributed by atoms with E-state index in [0.717, 1.165) is 17.6 Å². The van der Waals surface area contributed by atoms with Gasteiger partial charge in [-0.2, -0.15) is 0 Å². The maximum atomic E-state index is 12.8. The molecule has 9 nitrogen and oxygen atoms in total. The van der Waals surface area contributed by atoms with Crippen LogP contribution in [0.5, 0.6) is 0 Å². The van der Waals surface area contributed by atoms with Gasteiger partial charge in [0.25, 0.3) is 0 Å². The van der Waals surface area contributed by atoms with Crippen LogP contribution >= 0.6 is 0 Å². The number of carbonyl (C=O) groups excluding carboxylic acids is 3. The summed E-state index contributed by atoms with van der Waals surface area (Å²) >= 11 is 0. The van der Waals surface area contributed by atoms with Crippen LogP contribution < -0.4 is 21.7 Å². The highest BCUT2D eigenvalue weighted by Crippen LogP contribution is 2.18. The lowest BCUT2D eigenvalue weighted by molar-refractivity contribution is -0.140. The fourth-order valence-electron chi connectivity index (χ4n) is 3.41. The molecule has 0 spiro atoms. The Morgan fingerprint density at radius 3 is 2.06 bits per heavy atom. The van der Waals surface area contributed by atoms with Crippen molar-refractivity contribution in [2.45, 2.75) is 63.7 Å². The van der Waals surface area contributed by atoms with Gasteiger partial charge in [0.05, 0.1) is 0 Å². The summed E-state index contributed by atoms with van der Waals surface area (Å²) in [7, 11) is 0. The number of aliphatic carboxylic acids is 1. The second-order valence-corrected chi connectivity index (χ2v) is 7.75. The van der Waals surface area contributed by atoms with Crippen molar-refractivity contribution in [3.63, 3.8) is 0 Å². The first kappa shape index (κ1) is 24.1. The van der Waals surface area contributed by atoms with Crippen LogP contribution in [-0.2, 0) is 19.2 Å². The molecule has 0 unspecified atom stereocenters. The van der Waals surface area contributed by atoms with Crippen LogP contribution in [0, 0.1) is 0 Å². The van der Waals surface area contributed by atoms with Crippen molar-refractivity contribution in [2.75, 3.05) is 0 Å². The highest BCUT2D eigenvalue weighted by molar-refractivity contribution is 5.92. The summed E-state index contributed by atoms with van der Waals surface area (Å²) in [5.74, 6) is -2.37. The molecule has 0 aromatic rings. The zero-order chi connectivity index (χ0) is 23.0. The number of amides is 3. The molecular formula is C22H30N4O5. The average molecular weight is 431 g/mol. The number of nitrogens with one attached hydrogen (secondary N) is 3. The number of hydrogen-bond donors (Lipinski definition) is 5. The fourth-order valence-corrected chi connectivity index (χ4v) is 3.41. The predicted molar refractivity (Wildman–Crippen MR) is 116 cm³/mol. The Morgan fingerprint density at radius 1 is 0.968 bits per heavy atom. The maximum absolute atomic E-state index is 12.8. The summed E-state index contributed by atoms with van der Waals surface area (Å²) in [4.78, 5) is 47.2. The van der Waals surface area contributed by atoms with Gasteiger partial charge in [0.1, 0.15) is 12.1 Å². The molecule has 9 heteroatoms. The van der Waals surface area contributed by atoms with E-state index in [2.05, 4.69) is 16.0 Å². The standard InChI is InChI=1S/C22H30N4O5/c1-13(27)24-18-9-5-16(6-10-18)12-20(22(30)31)26-21(29)19(25-14(2)28)11-15-3-7-17(23)8-4-15/h3,5,7,9,11-12,17-20H,4,6,8,10,23H2,1-2H3,(H,24,27)(H,25,28)(H,26,29)(H,30,31)/b15-11-,16-12-/t17-,18-,19-,20-/m0/s1. The Balaban J connectivity index is 2.12. The molecular weight excluding hydrogens is 400 g/mol. The van der Waals surface area contributed by atoms with Gasteiger partial charge in [0.2, 0.25) is 17.7 Å². The van der Waals surface area contributed by atoms with Gasteiger partial charge in [-0.25, -0.2) is 4.79 Å². The van der Waals surface area contributed by atoms with Gasteiger partial charge in [0.15, 0.2) is 0 Å². The van der Waals surface area contributed by atoms with Crippen LogP contribution in [-0.4, -0.2) is 53.0 Å². The molecule has 0 saturated heterocycles. The largest absolute Gasteiger partial charge is 0.479 e. The minimum atomic E-state index is -1.26.